The fourth-order valence-electron chi connectivity index (χ4n) is 3.54. The Hall–Kier alpha value is -2.95. The molecule has 1 saturated heterocycles. The first kappa shape index (κ1) is 17.5. The van der Waals surface area contributed by atoms with Gasteiger partial charge in [0, 0.05) is 11.5 Å². The maximum Gasteiger partial charge on any atom is 0.334 e. The van der Waals surface area contributed by atoms with Gasteiger partial charge in [0.1, 0.15) is 5.75 Å². The normalized spacial score (nSPS) is 19.4. The minimum absolute atomic E-state index is 0.00507. The molecule has 2 aliphatic heterocycles. The summed E-state index contributed by atoms with van der Waals surface area (Å²) >= 11 is 0. The lowest BCUT2D eigenvalue weighted by molar-refractivity contribution is -0.135. The van der Waals surface area contributed by atoms with Gasteiger partial charge in [-0.05, 0) is 66.8 Å². The number of aryl methyl sites for hydroxylation is 1. The third kappa shape index (κ3) is 3.37. The summed E-state index contributed by atoms with van der Waals surface area (Å²) in [7, 11) is 1.66. The zero-order chi connectivity index (χ0) is 19.0. The topological polar surface area (TPSA) is 54.0 Å². The number of methoxy groups -OCH3 is 1. The van der Waals surface area contributed by atoms with E-state index in [1.807, 2.05) is 44.2 Å². The smallest absolute Gasteiger partial charge is 0.334 e. The molecule has 1 atom stereocenters. The number of ether oxygens (including phenoxy) is 4. The molecule has 0 aliphatic carbocycles. The number of carbonyl (C=O) groups excluding carboxylic acids is 1. The summed E-state index contributed by atoms with van der Waals surface area (Å²) in [6.45, 7) is 4.71. The Morgan fingerprint density at radius 2 is 1.93 bits per heavy atom. The molecule has 140 valence electrons. The number of esters is 1. The van der Waals surface area contributed by atoms with Gasteiger partial charge >= 0.3 is 5.97 Å². The molecular weight excluding hydrogens is 344 g/mol. The lowest BCUT2D eigenvalue weighted by Crippen LogP contribution is -2.07. The van der Waals surface area contributed by atoms with E-state index in [1.165, 1.54) is 0 Å². The van der Waals surface area contributed by atoms with E-state index in [2.05, 4.69) is 6.07 Å². The predicted octanol–water partition coefficient (Wildman–Crippen LogP) is 3.84. The third-order valence-electron chi connectivity index (χ3n) is 5.19. The molecule has 5 nitrogen and oxygen atoms in total. The van der Waals surface area contributed by atoms with Crippen molar-refractivity contribution < 1.29 is 23.7 Å². The first-order valence-corrected chi connectivity index (χ1v) is 8.97. The summed E-state index contributed by atoms with van der Waals surface area (Å²) < 4.78 is 21.6. The number of rotatable bonds is 4. The van der Waals surface area contributed by atoms with E-state index in [-0.39, 0.29) is 18.7 Å². The Balaban J connectivity index is 1.62. The Morgan fingerprint density at radius 1 is 1.11 bits per heavy atom. The summed E-state index contributed by atoms with van der Waals surface area (Å²) in [4.78, 5) is 12.3. The van der Waals surface area contributed by atoms with Crippen LogP contribution in [0.15, 0.2) is 35.9 Å². The van der Waals surface area contributed by atoms with Crippen LogP contribution in [0.1, 0.15) is 22.3 Å². The number of cyclic esters (lactones) is 1. The lowest BCUT2D eigenvalue weighted by Gasteiger charge is -2.11. The van der Waals surface area contributed by atoms with Gasteiger partial charge < -0.3 is 18.9 Å². The SMILES string of the molecule is COc1cc(/C=C2/C(=O)OC[C@@H]2Cc2ccc3c(c2)OCO3)cc(C)c1C. The van der Waals surface area contributed by atoms with Crippen LogP contribution in [-0.2, 0) is 16.0 Å². The van der Waals surface area contributed by atoms with E-state index in [0.29, 0.717) is 18.6 Å². The van der Waals surface area contributed by atoms with Crippen LogP contribution in [0, 0.1) is 19.8 Å². The predicted molar refractivity (Wildman–Crippen MR) is 101 cm³/mol. The molecule has 27 heavy (non-hydrogen) atoms. The van der Waals surface area contributed by atoms with E-state index in [1.54, 1.807) is 7.11 Å². The van der Waals surface area contributed by atoms with Gasteiger partial charge in [0.15, 0.2) is 11.5 Å². The van der Waals surface area contributed by atoms with Crippen molar-refractivity contribution in [1.29, 1.82) is 0 Å². The summed E-state index contributed by atoms with van der Waals surface area (Å²) in [5.74, 6) is 2.08. The summed E-state index contributed by atoms with van der Waals surface area (Å²) in [6.07, 6.45) is 2.62. The fourth-order valence-corrected chi connectivity index (χ4v) is 3.54. The van der Waals surface area contributed by atoms with Gasteiger partial charge in [-0.15, -0.1) is 0 Å². The van der Waals surface area contributed by atoms with Gasteiger partial charge in [0.25, 0.3) is 0 Å². The molecular formula is C22H22O5. The number of fused-ring (bicyclic) bond motifs is 1. The monoisotopic (exact) mass is 366 g/mol. The zero-order valence-electron chi connectivity index (χ0n) is 15.7. The quantitative estimate of drug-likeness (QED) is 0.608. The molecule has 2 aromatic carbocycles. The largest absolute Gasteiger partial charge is 0.496 e. The number of benzene rings is 2. The molecule has 0 spiro atoms. The van der Waals surface area contributed by atoms with Gasteiger partial charge in [-0.3, -0.25) is 0 Å². The summed E-state index contributed by atoms with van der Waals surface area (Å²) in [5, 5.41) is 0. The van der Waals surface area contributed by atoms with Gasteiger partial charge in [-0.25, -0.2) is 4.79 Å². The highest BCUT2D eigenvalue weighted by Crippen LogP contribution is 2.35. The second-order valence-corrected chi connectivity index (χ2v) is 6.95. The molecule has 0 bridgehead atoms. The van der Waals surface area contributed by atoms with Crippen LogP contribution in [0.2, 0.25) is 0 Å². The number of hydrogen-bond acceptors (Lipinski definition) is 5. The fraction of sp³-hybridized carbons (Fsp3) is 0.318. The van der Waals surface area contributed by atoms with E-state index >= 15 is 0 Å². The number of carbonyl (C=O) groups is 1. The molecule has 0 amide bonds. The molecule has 2 heterocycles. The molecule has 2 aromatic rings. The van der Waals surface area contributed by atoms with Crippen molar-refractivity contribution >= 4 is 12.0 Å². The van der Waals surface area contributed by atoms with E-state index < -0.39 is 0 Å². The van der Waals surface area contributed by atoms with Crippen LogP contribution in [0.4, 0.5) is 0 Å². The van der Waals surface area contributed by atoms with Crippen molar-refractivity contribution in [2.24, 2.45) is 5.92 Å². The van der Waals surface area contributed by atoms with E-state index in [4.69, 9.17) is 18.9 Å². The minimum atomic E-state index is -0.252. The average Bonchev–Trinajstić information content (AvgIpc) is 3.25. The Bertz CT molecular complexity index is 929. The van der Waals surface area contributed by atoms with Crippen LogP contribution in [-0.4, -0.2) is 26.5 Å². The molecule has 0 N–H and O–H groups in total. The summed E-state index contributed by atoms with van der Waals surface area (Å²) in [6, 6.07) is 9.91. The van der Waals surface area contributed by atoms with Crippen LogP contribution >= 0.6 is 0 Å². The van der Waals surface area contributed by atoms with E-state index in [0.717, 1.165) is 39.5 Å². The zero-order valence-corrected chi connectivity index (χ0v) is 15.7. The van der Waals surface area contributed by atoms with Crippen molar-refractivity contribution in [1.82, 2.24) is 0 Å². The standard InChI is InChI=1S/C22H22O5/c1-13-6-16(10-20(24-3)14(13)2)8-18-17(11-25-22(18)23)7-15-4-5-19-21(9-15)27-12-26-19/h4-6,8-10,17H,7,11-12H2,1-3H3/b18-8+/t17-/m0/s1. The highest BCUT2D eigenvalue weighted by Gasteiger charge is 2.31. The highest BCUT2D eigenvalue weighted by molar-refractivity contribution is 5.96. The van der Waals surface area contributed by atoms with Gasteiger partial charge in [-0.2, -0.15) is 0 Å². The van der Waals surface area contributed by atoms with Crippen molar-refractivity contribution in [3.05, 3.63) is 58.2 Å². The van der Waals surface area contributed by atoms with Gasteiger partial charge in [-0.1, -0.05) is 12.1 Å². The van der Waals surface area contributed by atoms with Crippen LogP contribution < -0.4 is 14.2 Å². The van der Waals surface area contributed by atoms with Gasteiger partial charge in [0.05, 0.1) is 13.7 Å². The Labute approximate surface area is 158 Å². The van der Waals surface area contributed by atoms with Crippen molar-refractivity contribution in [2.75, 3.05) is 20.5 Å². The first-order valence-electron chi connectivity index (χ1n) is 8.97. The highest BCUT2D eigenvalue weighted by atomic mass is 16.7. The van der Waals surface area contributed by atoms with Crippen molar-refractivity contribution in [2.45, 2.75) is 20.3 Å². The average molecular weight is 366 g/mol. The second kappa shape index (κ2) is 6.99. The third-order valence-corrected chi connectivity index (χ3v) is 5.19. The van der Waals surface area contributed by atoms with E-state index in [9.17, 15) is 4.79 Å². The minimum Gasteiger partial charge on any atom is -0.496 e. The maximum absolute atomic E-state index is 12.3. The maximum atomic E-state index is 12.3. The molecule has 0 unspecified atom stereocenters. The lowest BCUT2D eigenvalue weighted by atomic mass is 9.92. The molecule has 4 rings (SSSR count). The summed E-state index contributed by atoms with van der Waals surface area (Å²) in [5.41, 5.74) is 4.95. The first-order chi connectivity index (χ1) is 13.0. The Morgan fingerprint density at radius 3 is 2.74 bits per heavy atom. The van der Waals surface area contributed by atoms with Gasteiger partial charge in [0.2, 0.25) is 6.79 Å². The number of hydrogen-bond donors (Lipinski definition) is 0. The molecule has 0 aromatic heterocycles. The molecule has 2 aliphatic rings. The van der Waals surface area contributed by atoms with Crippen LogP contribution in [0.3, 0.4) is 0 Å². The molecule has 0 radical (unpaired) electrons. The second-order valence-electron chi connectivity index (χ2n) is 6.95. The molecule has 5 heteroatoms. The molecule has 1 fully saturated rings. The Kier molecular flexibility index (Phi) is 4.52. The molecule has 0 saturated carbocycles. The van der Waals surface area contributed by atoms with Crippen molar-refractivity contribution in [3.63, 3.8) is 0 Å². The van der Waals surface area contributed by atoms with Crippen LogP contribution in [0.5, 0.6) is 17.2 Å². The van der Waals surface area contributed by atoms with Crippen molar-refractivity contribution in [3.8, 4) is 17.2 Å². The van der Waals surface area contributed by atoms with Crippen LogP contribution in [0.25, 0.3) is 6.08 Å².